The number of fused-ring (bicyclic) bond motifs is 2. The summed E-state index contributed by atoms with van der Waals surface area (Å²) in [6.07, 6.45) is 5.90. The third-order valence-electron chi connectivity index (χ3n) is 3.61. The Bertz CT molecular complexity index is 196. The van der Waals surface area contributed by atoms with Gasteiger partial charge in [-0.05, 0) is 31.6 Å². The third-order valence-corrected chi connectivity index (χ3v) is 3.61. The number of hydrogen-bond acceptors (Lipinski definition) is 3. The van der Waals surface area contributed by atoms with Crippen molar-refractivity contribution in [1.82, 2.24) is 5.43 Å². The van der Waals surface area contributed by atoms with E-state index in [-0.39, 0.29) is 0 Å². The molecule has 2 rings (SSSR count). The van der Waals surface area contributed by atoms with Crippen LogP contribution in [0.2, 0.25) is 0 Å². The van der Waals surface area contributed by atoms with Crippen molar-refractivity contribution in [3.8, 4) is 0 Å². The summed E-state index contributed by atoms with van der Waals surface area (Å²) in [5.74, 6) is 6.98. The molecule has 4 atom stereocenters. The van der Waals surface area contributed by atoms with Gasteiger partial charge in [0.1, 0.15) is 0 Å². The molecule has 14 heavy (non-hydrogen) atoms. The first kappa shape index (κ1) is 10.4. The lowest BCUT2D eigenvalue weighted by Gasteiger charge is -2.29. The van der Waals surface area contributed by atoms with E-state index < -0.39 is 0 Å². The normalized spacial score (nSPS) is 38.1. The Balaban J connectivity index is 1.92. The van der Waals surface area contributed by atoms with Crippen LogP contribution in [0.5, 0.6) is 0 Å². The van der Waals surface area contributed by atoms with Crippen molar-refractivity contribution in [1.29, 1.82) is 0 Å². The van der Waals surface area contributed by atoms with Crippen LogP contribution in [0.3, 0.4) is 0 Å². The topological polar surface area (TPSA) is 47.3 Å². The monoisotopic (exact) mass is 198 g/mol. The molecule has 0 aromatic rings. The Kier molecular flexibility index (Phi) is 3.10. The molecule has 2 heterocycles. The maximum absolute atomic E-state index is 5.85. The molecule has 3 N–H and O–H groups in total. The van der Waals surface area contributed by atoms with Gasteiger partial charge in [0.2, 0.25) is 0 Å². The Labute approximate surface area is 86.4 Å². The van der Waals surface area contributed by atoms with E-state index in [2.05, 4.69) is 19.3 Å². The lowest BCUT2D eigenvalue weighted by molar-refractivity contribution is 0.0838. The molecule has 2 aliphatic heterocycles. The van der Waals surface area contributed by atoms with Crippen LogP contribution in [-0.4, -0.2) is 18.2 Å². The molecular weight excluding hydrogens is 176 g/mol. The quantitative estimate of drug-likeness (QED) is 0.530. The van der Waals surface area contributed by atoms with Crippen LogP contribution < -0.4 is 11.3 Å². The van der Waals surface area contributed by atoms with E-state index in [1.165, 1.54) is 19.3 Å². The second-order valence-corrected chi connectivity index (χ2v) is 5.18. The molecule has 2 saturated heterocycles. The average Bonchev–Trinajstić information content (AvgIpc) is 2.74. The third kappa shape index (κ3) is 1.95. The van der Waals surface area contributed by atoms with Crippen LogP contribution in [-0.2, 0) is 4.74 Å². The van der Waals surface area contributed by atoms with Gasteiger partial charge in [-0.15, -0.1) is 0 Å². The lowest BCUT2D eigenvalue weighted by atomic mass is 9.81. The summed E-state index contributed by atoms with van der Waals surface area (Å²) < 4.78 is 5.85. The van der Waals surface area contributed by atoms with Crippen LogP contribution in [0.4, 0.5) is 0 Å². The zero-order valence-electron chi connectivity index (χ0n) is 9.20. The van der Waals surface area contributed by atoms with Crippen LogP contribution in [0, 0.1) is 11.8 Å². The van der Waals surface area contributed by atoms with Crippen molar-refractivity contribution in [3.63, 3.8) is 0 Å². The maximum Gasteiger partial charge on any atom is 0.0624 e. The highest BCUT2D eigenvalue weighted by molar-refractivity contribution is 4.94. The molecule has 3 nitrogen and oxygen atoms in total. The minimum absolute atomic E-state index is 0.449. The Morgan fingerprint density at radius 1 is 1.43 bits per heavy atom. The highest BCUT2D eigenvalue weighted by Crippen LogP contribution is 2.41. The van der Waals surface area contributed by atoms with E-state index in [1.807, 2.05) is 0 Å². The smallest absolute Gasteiger partial charge is 0.0624 e. The summed E-state index contributed by atoms with van der Waals surface area (Å²) in [6, 6.07) is 0.449. The molecule has 82 valence electrons. The minimum Gasteiger partial charge on any atom is -0.375 e. The molecule has 2 bridgehead atoms. The fourth-order valence-corrected chi connectivity index (χ4v) is 2.97. The number of nitrogens with two attached hydrogens (primary N) is 1. The van der Waals surface area contributed by atoms with Crippen molar-refractivity contribution in [2.24, 2.45) is 17.7 Å². The van der Waals surface area contributed by atoms with E-state index in [0.717, 1.165) is 6.42 Å². The van der Waals surface area contributed by atoms with Gasteiger partial charge in [-0.1, -0.05) is 13.8 Å². The molecule has 0 saturated carbocycles. The molecular formula is C11H22N2O. The zero-order valence-corrected chi connectivity index (χ0v) is 9.20. The summed E-state index contributed by atoms with van der Waals surface area (Å²) in [5, 5.41) is 0. The standard InChI is InChI=1S/C11H22N2O/c1-7(2)5-10(13-12)9-6-8-3-4-11(9)14-8/h7-11,13H,3-6,12H2,1-2H3. The fourth-order valence-electron chi connectivity index (χ4n) is 2.97. The second-order valence-electron chi connectivity index (χ2n) is 5.18. The van der Waals surface area contributed by atoms with E-state index in [0.29, 0.717) is 30.1 Å². The molecule has 4 unspecified atom stereocenters. The number of ether oxygens (including phenoxy) is 1. The van der Waals surface area contributed by atoms with Crippen LogP contribution >= 0.6 is 0 Å². The Morgan fingerprint density at radius 2 is 2.21 bits per heavy atom. The molecule has 0 radical (unpaired) electrons. The fraction of sp³-hybridized carbons (Fsp3) is 1.00. The molecule has 0 aromatic heterocycles. The van der Waals surface area contributed by atoms with Crippen LogP contribution in [0.1, 0.15) is 39.5 Å². The van der Waals surface area contributed by atoms with Gasteiger partial charge in [0.25, 0.3) is 0 Å². The summed E-state index contributed by atoms with van der Waals surface area (Å²) >= 11 is 0. The van der Waals surface area contributed by atoms with Crippen molar-refractivity contribution in [3.05, 3.63) is 0 Å². The number of nitrogens with one attached hydrogen (secondary N) is 1. The van der Waals surface area contributed by atoms with Gasteiger partial charge in [0, 0.05) is 12.0 Å². The first-order valence-electron chi connectivity index (χ1n) is 5.82. The molecule has 3 heteroatoms. The van der Waals surface area contributed by atoms with Crippen molar-refractivity contribution in [2.75, 3.05) is 0 Å². The van der Waals surface area contributed by atoms with E-state index in [4.69, 9.17) is 10.6 Å². The predicted molar refractivity (Wildman–Crippen MR) is 56.6 cm³/mol. The van der Waals surface area contributed by atoms with Crippen molar-refractivity contribution in [2.45, 2.75) is 57.8 Å². The van der Waals surface area contributed by atoms with Crippen molar-refractivity contribution < 1.29 is 4.74 Å². The van der Waals surface area contributed by atoms with Crippen molar-refractivity contribution >= 4 is 0 Å². The Morgan fingerprint density at radius 3 is 2.64 bits per heavy atom. The van der Waals surface area contributed by atoms with Crippen LogP contribution in [0.25, 0.3) is 0 Å². The largest absolute Gasteiger partial charge is 0.375 e. The van der Waals surface area contributed by atoms with Gasteiger partial charge in [0.05, 0.1) is 12.2 Å². The van der Waals surface area contributed by atoms with E-state index in [1.54, 1.807) is 0 Å². The Hall–Kier alpha value is -0.120. The molecule has 2 fully saturated rings. The number of rotatable bonds is 4. The second kappa shape index (κ2) is 4.17. The van der Waals surface area contributed by atoms with Gasteiger partial charge in [-0.3, -0.25) is 11.3 Å². The summed E-state index contributed by atoms with van der Waals surface area (Å²) in [6.45, 7) is 4.50. The average molecular weight is 198 g/mol. The predicted octanol–water partition coefficient (Wildman–Crippen LogP) is 1.43. The summed E-state index contributed by atoms with van der Waals surface area (Å²) in [5.41, 5.74) is 2.98. The van der Waals surface area contributed by atoms with Gasteiger partial charge in [-0.2, -0.15) is 0 Å². The minimum atomic E-state index is 0.449. The summed E-state index contributed by atoms with van der Waals surface area (Å²) in [4.78, 5) is 0. The highest BCUT2D eigenvalue weighted by Gasteiger charge is 2.43. The lowest BCUT2D eigenvalue weighted by Crippen LogP contribution is -2.45. The SMILES string of the molecule is CC(C)CC(NN)C1CC2CCC1O2. The van der Waals surface area contributed by atoms with Gasteiger partial charge >= 0.3 is 0 Å². The first-order chi connectivity index (χ1) is 6.70. The maximum atomic E-state index is 5.85. The number of hydrazine groups is 1. The molecule has 0 aliphatic carbocycles. The van der Waals surface area contributed by atoms with Gasteiger partial charge in [0.15, 0.2) is 0 Å². The zero-order chi connectivity index (χ0) is 10.1. The first-order valence-corrected chi connectivity index (χ1v) is 5.82. The van der Waals surface area contributed by atoms with Crippen LogP contribution in [0.15, 0.2) is 0 Å². The molecule has 0 spiro atoms. The van der Waals surface area contributed by atoms with Gasteiger partial charge in [-0.25, -0.2) is 0 Å². The highest BCUT2D eigenvalue weighted by atomic mass is 16.5. The molecule has 0 aromatic carbocycles. The van der Waals surface area contributed by atoms with E-state index in [9.17, 15) is 0 Å². The van der Waals surface area contributed by atoms with Gasteiger partial charge < -0.3 is 4.74 Å². The molecule has 2 aliphatic rings. The number of hydrogen-bond donors (Lipinski definition) is 2. The molecule has 0 amide bonds. The summed E-state index contributed by atoms with van der Waals surface area (Å²) in [7, 11) is 0. The van der Waals surface area contributed by atoms with E-state index >= 15 is 0 Å².